The molecule has 3 rings (SSSR count). The number of rotatable bonds is 3. The molecule has 0 N–H and O–H groups in total. The number of hydrogen-bond donors (Lipinski definition) is 0. The summed E-state index contributed by atoms with van der Waals surface area (Å²) < 4.78 is 1.96. The minimum Gasteiger partial charge on any atom is -0.297 e. The van der Waals surface area contributed by atoms with Crippen molar-refractivity contribution in [2.45, 2.75) is 13.3 Å². The SMILES string of the molecule is CCC(=O)c1ccc(-n2cnc3ccccc32)cn1. The summed E-state index contributed by atoms with van der Waals surface area (Å²) in [6.45, 7) is 1.83. The van der Waals surface area contributed by atoms with Gasteiger partial charge in [0.05, 0.1) is 22.9 Å². The van der Waals surface area contributed by atoms with Crippen LogP contribution in [0.15, 0.2) is 48.9 Å². The van der Waals surface area contributed by atoms with Crippen molar-refractivity contribution < 1.29 is 4.79 Å². The van der Waals surface area contributed by atoms with Gasteiger partial charge in [-0.3, -0.25) is 14.3 Å². The fourth-order valence-corrected chi connectivity index (χ4v) is 2.04. The Bertz CT molecular complexity index is 728. The van der Waals surface area contributed by atoms with Gasteiger partial charge in [-0.15, -0.1) is 0 Å². The molecular formula is C15H13N3O. The number of aromatic nitrogens is 3. The summed E-state index contributed by atoms with van der Waals surface area (Å²) >= 11 is 0. The maximum absolute atomic E-state index is 11.5. The number of hydrogen-bond acceptors (Lipinski definition) is 3. The standard InChI is InChI=1S/C15H13N3O/c1-2-15(19)13-8-7-11(9-16-13)18-10-17-12-5-3-4-6-14(12)18/h3-10H,2H2,1H3. The Kier molecular flexibility index (Phi) is 2.83. The van der Waals surface area contributed by atoms with Gasteiger partial charge in [0.25, 0.3) is 0 Å². The van der Waals surface area contributed by atoms with Crippen LogP contribution in [0.4, 0.5) is 0 Å². The molecule has 0 bridgehead atoms. The molecule has 19 heavy (non-hydrogen) atoms. The monoisotopic (exact) mass is 251 g/mol. The summed E-state index contributed by atoms with van der Waals surface area (Å²) in [5.74, 6) is 0.0574. The van der Waals surface area contributed by atoms with Gasteiger partial charge in [-0.25, -0.2) is 4.98 Å². The largest absolute Gasteiger partial charge is 0.297 e. The van der Waals surface area contributed by atoms with Crippen molar-refractivity contribution >= 4 is 16.8 Å². The molecule has 4 heteroatoms. The van der Waals surface area contributed by atoms with Crippen molar-refractivity contribution in [3.8, 4) is 5.69 Å². The summed E-state index contributed by atoms with van der Waals surface area (Å²) in [5, 5.41) is 0. The first-order valence-corrected chi connectivity index (χ1v) is 6.21. The number of benzene rings is 1. The van der Waals surface area contributed by atoms with E-state index in [2.05, 4.69) is 9.97 Å². The molecule has 94 valence electrons. The Labute approximate surface area is 110 Å². The van der Waals surface area contributed by atoms with Crippen molar-refractivity contribution in [2.75, 3.05) is 0 Å². The third kappa shape index (κ3) is 2.01. The zero-order chi connectivity index (χ0) is 13.2. The van der Waals surface area contributed by atoms with Crippen LogP contribution in [0.3, 0.4) is 0 Å². The van der Waals surface area contributed by atoms with E-state index in [1.165, 1.54) is 0 Å². The molecule has 0 amide bonds. The molecule has 0 unspecified atom stereocenters. The molecule has 4 nitrogen and oxygen atoms in total. The number of carbonyl (C=O) groups is 1. The van der Waals surface area contributed by atoms with E-state index in [0.717, 1.165) is 16.7 Å². The number of ketones is 1. The molecule has 0 spiro atoms. The van der Waals surface area contributed by atoms with Gasteiger partial charge in [0.15, 0.2) is 5.78 Å². The zero-order valence-corrected chi connectivity index (χ0v) is 10.6. The molecule has 0 aliphatic heterocycles. The van der Waals surface area contributed by atoms with Crippen LogP contribution in [0.25, 0.3) is 16.7 Å². The van der Waals surface area contributed by atoms with Crippen LogP contribution >= 0.6 is 0 Å². The van der Waals surface area contributed by atoms with Crippen LogP contribution in [0.2, 0.25) is 0 Å². The highest BCUT2D eigenvalue weighted by molar-refractivity contribution is 5.94. The van der Waals surface area contributed by atoms with Gasteiger partial charge in [0.2, 0.25) is 0 Å². The van der Waals surface area contributed by atoms with Crippen LogP contribution in [0, 0.1) is 0 Å². The first-order chi connectivity index (χ1) is 9.29. The highest BCUT2D eigenvalue weighted by atomic mass is 16.1. The first-order valence-electron chi connectivity index (χ1n) is 6.21. The Morgan fingerprint density at radius 1 is 1.16 bits per heavy atom. The third-order valence-electron chi connectivity index (χ3n) is 3.09. The molecule has 0 saturated carbocycles. The van der Waals surface area contributed by atoms with Gasteiger partial charge in [-0.2, -0.15) is 0 Å². The van der Waals surface area contributed by atoms with E-state index in [0.29, 0.717) is 12.1 Å². The summed E-state index contributed by atoms with van der Waals surface area (Å²) in [7, 11) is 0. The van der Waals surface area contributed by atoms with Crippen LogP contribution in [0.5, 0.6) is 0 Å². The van der Waals surface area contributed by atoms with Crippen molar-refractivity contribution in [1.82, 2.24) is 14.5 Å². The second-order valence-corrected chi connectivity index (χ2v) is 4.28. The average molecular weight is 251 g/mol. The first kappa shape index (κ1) is 11.6. The van der Waals surface area contributed by atoms with Crippen molar-refractivity contribution in [2.24, 2.45) is 0 Å². The average Bonchev–Trinajstić information content (AvgIpc) is 2.90. The lowest BCUT2D eigenvalue weighted by atomic mass is 10.2. The lowest BCUT2D eigenvalue weighted by Gasteiger charge is -2.04. The lowest BCUT2D eigenvalue weighted by Crippen LogP contribution is -2.01. The molecule has 0 radical (unpaired) electrons. The molecule has 0 aliphatic carbocycles. The molecule has 0 saturated heterocycles. The van der Waals surface area contributed by atoms with Crippen LogP contribution in [-0.4, -0.2) is 20.3 Å². The van der Waals surface area contributed by atoms with Gasteiger partial charge >= 0.3 is 0 Å². The number of Topliss-reactive ketones (excluding diaryl/α,β-unsaturated/α-hetero) is 1. The molecule has 2 heterocycles. The molecular weight excluding hydrogens is 238 g/mol. The minimum absolute atomic E-state index is 0.0574. The van der Waals surface area contributed by atoms with Crippen molar-refractivity contribution in [3.63, 3.8) is 0 Å². The van der Waals surface area contributed by atoms with Gasteiger partial charge in [-0.05, 0) is 24.3 Å². The normalized spacial score (nSPS) is 10.8. The fraction of sp³-hybridized carbons (Fsp3) is 0.133. The maximum Gasteiger partial charge on any atom is 0.180 e. The molecule has 0 atom stereocenters. The van der Waals surface area contributed by atoms with Gasteiger partial charge in [0, 0.05) is 6.42 Å². The van der Waals surface area contributed by atoms with Gasteiger partial charge in [0.1, 0.15) is 12.0 Å². The molecule has 3 aromatic rings. The van der Waals surface area contributed by atoms with Gasteiger partial charge in [-0.1, -0.05) is 19.1 Å². The van der Waals surface area contributed by atoms with E-state index in [1.807, 2.05) is 41.8 Å². The quantitative estimate of drug-likeness (QED) is 0.672. The lowest BCUT2D eigenvalue weighted by molar-refractivity contribution is 0.0983. The maximum atomic E-state index is 11.5. The number of nitrogens with zero attached hydrogens (tertiary/aromatic N) is 3. The highest BCUT2D eigenvalue weighted by Gasteiger charge is 2.07. The third-order valence-corrected chi connectivity index (χ3v) is 3.09. The number of pyridine rings is 1. The van der Waals surface area contributed by atoms with E-state index in [1.54, 1.807) is 18.6 Å². The van der Waals surface area contributed by atoms with E-state index < -0.39 is 0 Å². The predicted octanol–water partition coefficient (Wildman–Crippen LogP) is 3.01. The summed E-state index contributed by atoms with van der Waals surface area (Å²) in [5.41, 5.74) is 3.38. The number of carbonyl (C=O) groups excluding carboxylic acids is 1. The van der Waals surface area contributed by atoms with Crippen LogP contribution in [-0.2, 0) is 0 Å². The van der Waals surface area contributed by atoms with E-state index in [4.69, 9.17) is 0 Å². The summed E-state index contributed by atoms with van der Waals surface area (Å²) in [4.78, 5) is 20.1. The fourth-order valence-electron chi connectivity index (χ4n) is 2.04. The Morgan fingerprint density at radius 3 is 2.74 bits per heavy atom. The van der Waals surface area contributed by atoms with E-state index in [-0.39, 0.29) is 5.78 Å². The number of fused-ring (bicyclic) bond motifs is 1. The summed E-state index contributed by atoms with van der Waals surface area (Å²) in [6.07, 6.45) is 3.94. The number of para-hydroxylation sites is 2. The van der Waals surface area contributed by atoms with Crippen LogP contribution < -0.4 is 0 Å². The molecule has 0 aliphatic rings. The summed E-state index contributed by atoms with van der Waals surface area (Å²) in [6, 6.07) is 11.6. The Morgan fingerprint density at radius 2 is 2.00 bits per heavy atom. The molecule has 2 aromatic heterocycles. The Balaban J connectivity index is 2.05. The van der Waals surface area contributed by atoms with Crippen molar-refractivity contribution in [1.29, 1.82) is 0 Å². The predicted molar refractivity (Wildman–Crippen MR) is 73.5 cm³/mol. The second-order valence-electron chi connectivity index (χ2n) is 4.28. The van der Waals surface area contributed by atoms with Crippen LogP contribution in [0.1, 0.15) is 23.8 Å². The van der Waals surface area contributed by atoms with Gasteiger partial charge < -0.3 is 0 Å². The number of imidazole rings is 1. The zero-order valence-electron chi connectivity index (χ0n) is 10.6. The topological polar surface area (TPSA) is 47.8 Å². The van der Waals surface area contributed by atoms with Crippen molar-refractivity contribution in [3.05, 3.63) is 54.6 Å². The minimum atomic E-state index is 0.0574. The molecule has 1 aromatic carbocycles. The van der Waals surface area contributed by atoms with E-state index in [9.17, 15) is 4.79 Å². The Hall–Kier alpha value is -2.49. The molecule has 0 fully saturated rings. The smallest absolute Gasteiger partial charge is 0.180 e. The second kappa shape index (κ2) is 4.65. The van der Waals surface area contributed by atoms with E-state index >= 15 is 0 Å². The highest BCUT2D eigenvalue weighted by Crippen LogP contribution is 2.17.